The monoisotopic (exact) mass is 414 g/mol. The number of rotatable bonds is 3. The highest BCUT2D eigenvalue weighted by Crippen LogP contribution is 2.40. The molecule has 2 aromatic heterocycles. The first-order valence-electron chi connectivity index (χ1n) is 10.6. The van der Waals surface area contributed by atoms with Gasteiger partial charge in [-0.1, -0.05) is 13.0 Å². The summed E-state index contributed by atoms with van der Waals surface area (Å²) in [6.07, 6.45) is 5.16. The number of amides is 1. The molecule has 0 fully saturated rings. The Bertz CT molecular complexity index is 1320. The van der Waals surface area contributed by atoms with Crippen LogP contribution in [-0.2, 0) is 25.3 Å². The van der Waals surface area contributed by atoms with Gasteiger partial charge in [0.1, 0.15) is 5.69 Å². The van der Waals surface area contributed by atoms with Gasteiger partial charge < -0.3 is 10.6 Å². The maximum absolute atomic E-state index is 12.3. The lowest BCUT2D eigenvalue weighted by Crippen LogP contribution is -2.19. The molecule has 2 aromatic carbocycles. The van der Waals surface area contributed by atoms with Crippen molar-refractivity contribution in [3.8, 4) is 22.4 Å². The van der Waals surface area contributed by atoms with Crippen LogP contribution in [0.5, 0.6) is 0 Å². The fraction of sp³-hybridized carbons (Fsp3) is 0.292. The van der Waals surface area contributed by atoms with Crippen LogP contribution in [0.4, 0.5) is 11.4 Å². The molecule has 4 aromatic rings. The summed E-state index contributed by atoms with van der Waals surface area (Å²) < 4.78 is 3.70. The molecule has 7 heteroatoms. The highest BCUT2D eigenvalue weighted by Gasteiger charge is 2.22. The number of hydrogen-bond acceptors (Lipinski definition) is 4. The molecule has 2 N–H and O–H groups in total. The zero-order chi connectivity index (χ0) is 21.7. The van der Waals surface area contributed by atoms with E-state index in [1.165, 1.54) is 5.56 Å². The summed E-state index contributed by atoms with van der Waals surface area (Å²) in [6, 6.07) is 10.8. The summed E-state index contributed by atoms with van der Waals surface area (Å²) in [5.74, 6) is 0.0412. The van der Waals surface area contributed by atoms with Crippen molar-refractivity contribution in [2.45, 2.75) is 32.7 Å². The molecule has 1 aliphatic heterocycles. The van der Waals surface area contributed by atoms with E-state index in [0.717, 1.165) is 51.1 Å². The molecular weight excluding hydrogens is 388 g/mol. The number of fused-ring (bicyclic) bond motifs is 2. The minimum absolute atomic E-state index is 0.0412. The van der Waals surface area contributed by atoms with Crippen LogP contribution >= 0.6 is 0 Å². The first-order valence-corrected chi connectivity index (χ1v) is 10.6. The number of anilines is 2. The van der Waals surface area contributed by atoms with Crippen molar-refractivity contribution in [2.75, 3.05) is 10.6 Å². The molecule has 1 amide bonds. The van der Waals surface area contributed by atoms with Crippen molar-refractivity contribution >= 4 is 28.2 Å². The Kier molecular flexibility index (Phi) is 4.54. The van der Waals surface area contributed by atoms with Gasteiger partial charge in [-0.05, 0) is 48.7 Å². The third-order valence-electron chi connectivity index (χ3n) is 5.90. The molecule has 5 rings (SSSR count). The fourth-order valence-corrected chi connectivity index (χ4v) is 4.35. The number of aromatic nitrogens is 4. The van der Waals surface area contributed by atoms with Crippen LogP contribution in [0.1, 0.15) is 25.8 Å². The van der Waals surface area contributed by atoms with E-state index in [1.807, 2.05) is 38.1 Å². The van der Waals surface area contributed by atoms with Crippen molar-refractivity contribution in [1.82, 2.24) is 19.6 Å². The number of carbonyl (C=O) groups is 1. The highest BCUT2D eigenvalue weighted by molar-refractivity contribution is 6.02. The van der Waals surface area contributed by atoms with Crippen molar-refractivity contribution in [3.05, 3.63) is 48.3 Å². The van der Waals surface area contributed by atoms with Crippen LogP contribution in [-0.4, -0.2) is 31.5 Å². The third kappa shape index (κ3) is 3.36. The van der Waals surface area contributed by atoms with E-state index < -0.39 is 0 Å². The van der Waals surface area contributed by atoms with Gasteiger partial charge in [0.2, 0.25) is 5.91 Å². The number of nitrogens with zero attached hydrogens (tertiary/aromatic N) is 4. The average molecular weight is 415 g/mol. The van der Waals surface area contributed by atoms with Crippen LogP contribution in [0.2, 0.25) is 0 Å². The molecule has 158 valence electrons. The summed E-state index contributed by atoms with van der Waals surface area (Å²) in [6.45, 7) is 4.17. The maximum Gasteiger partial charge on any atom is 0.226 e. The summed E-state index contributed by atoms with van der Waals surface area (Å²) in [7, 11) is 3.87. The van der Waals surface area contributed by atoms with Gasteiger partial charge in [-0.25, -0.2) is 0 Å². The Hall–Kier alpha value is -3.61. The van der Waals surface area contributed by atoms with Crippen molar-refractivity contribution in [2.24, 2.45) is 14.1 Å². The van der Waals surface area contributed by atoms with Crippen molar-refractivity contribution < 1.29 is 4.79 Å². The molecule has 0 bridgehead atoms. The van der Waals surface area contributed by atoms with Gasteiger partial charge in [0.15, 0.2) is 0 Å². The SMILES string of the molecule is CCc1cc2c(c(-c3ccc4c(c3)c(-c3cnn(C)c3)nn4C)c1)NC(C)CC(=O)N2. The van der Waals surface area contributed by atoms with Gasteiger partial charge in [0.25, 0.3) is 0 Å². The fourth-order valence-electron chi connectivity index (χ4n) is 4.35. The smallest absolute Gasteiger partial charge is 0.226 e. The second-order valence-electron chi connectivity index (χ2n) is 8.32. The van der Waals surface area contributed by atoms with Crippen molar-refractivity contribution in [1.29, 1.82) is 0 Å². The van der Waals surface area contributed by atoms with Gasteiger partial charge >= 0.3 is 0 Å². The zero-order valence-corrected chi connectivity index (χ0v) is 18.2. The first-order chi connectivity index (χ1) is 14.9. The van der Waals surface area contributed by atoms with Crippen LogP contribution < -0.4 is 10.6 Å². The molecule has 0 saturated heterocycles. The maximum atomic E-state index is 12.3. The van der Waals surface area contributed by atoms with Crippen LogP contribution in [0.15, 0.2) is 42.7 Å². The van der Waals surface area contributed by atoms with Crippen molar-refractivity contribution in [3.63, 3.8) is 0 Å². The quantitative estimate of drug-likeness (QED) is 0.523. The van der Waals surface area contributed by atoms with Crippen LogP contribution in [0, 0.1) is 0 Å². The molecule has 0 radical (unpaired) electrons. The normalized spacial score (nSPS) is 16.0. The minimum atomic E-state index is 0.0412. The topological polar surface area (TPSA) is 76.8 Å². The first kappa shape index (κ1) is 19.4. The number of nitrogens with one attached hydrogen (secondary N) is 2. The Morgan fingerprint density at radius 3 is 2.74 bits per heavy atom. The third-order valence-corrected chi connectivity index (χ3v) is 5.90. The number of benzene rings is 2. The molecule has 7 nitrogen and oxygen atoms in total. The Balaban J connectivity index is 1.73. The molecule has 1 unspecified atom stereocenters. The Morgan fingerprint density at radius 2 is 2.00 bits per heavy atom. The van der Waals surface area contributed by atoms with Gasteiger partial charge in [0, 0.05) is 49.3 Å². The molecular formula is C24H26N6O. The van der Waals surface area contributed by atoms with Gasteiger partial charge in [-0.2, -0.15) is 10.2 Å². The number of carbonyl (C=O) groups excluding carboxylic acids is 1. The second-order valence-corrected chi connectivity index (χ2v) is 8.32. The second kappa shape index (κ2) is 7.27. The van der Waals surface area contributed by atoms with E-state index in [4.69, 9.17) is 5.10 Å². The molecule has 1 atom stereocenters. The summed E-state index contributed by atoms with van der Waals surface area (Å²) in [5.41, 5.74) is 8.16. The summed E-state index contributed by atoms with van der Waals surface area (Å²) >= 11 is 0. The lowest BCUT2D eigenvalue weighted by molar-refractivity contribution is -0.116. The van der Waals surface area contributed by atoms with E-state index in [0.29, 0.717) is 6.42 Å². The van der Waals surface area contributed by atoms with Crippen LogP contribution in [0.25, 0.3) is 33.3 Å². The molecule has 0 spiro atoms. The van der Waals surface area contributed by atoms with Gasteiger partial charge in [-0.3, -0.25) is 14.2 Å². The number of aryl methyl sites for hydroxylation is 3. The standard InChI is InChI=1S/C24H26N6O/c1-5-15-9-18(24-20(10-15)27-22(31)8-14(2)26-24)16-6-7-21-19(11-16)23(28-30(21)4)17-12-25-29(3)13-17/h6-7,9-14,26H,5,8H2,1-4H3,(H,27,31). The largest absolute Gasteiger partial charge is 0.380 e. The zero-order valence-electron chi connectivity index (χ0n) is 18.2. The Labute approximate surface area is 181 Å². The average Bonchev–Trinajstić information content (AvgIpc) is 3.27. The summed E-state index contributed by atoms with van der Waals surface area (Å²) in [4.78, 5) is 12.3. The minimum Gasteiger partial charge on any atom is -0.380 e. The van der Waals surface area contributed by atoms with E-state index in [9.17, 15) is 4.79 Å². The molecule has 31 heavy (non-hydrogen) atoms. The summed E-state index contributed by atoms with van der Waals surface area (Å²) in [5, 5.41) is 16.8. The number of hydrogen-bond donors (Lipinski definition) is 2. The molecule has 1 aliphatic rings. The molecule has 3 heterocycles. The lowest BCUT2D eigenvalue weighted by atomic mass is 9.96. The predicted octanol–water partition coefficient (Wildman–Crippen LogP) is 4.35. The van der Waals surface area contributed by atoms with E-state index >= 15 is 0 Å². The lowest BCUT2D eigenvalue weighted by Gasteiger charge is -2.18. The van der Waals surface area contributed by atoms with Gasteiger partial charge in [0.05, 0.1) is 23.1 Å². The Morgan fingerprint density at radius 1 is 1.16 bits per heavy atom. The van der Waals surface area contributed by atoms with E-state index in [1.54, 1.807) is 4.68 Å². The molecule has 0 saturated carbocycles. The van der Waals surface area contributed by atoms with E-state index in [2.05, 4.69) is 53.0 Å². The predicted molar refractivity (Wildman–Crippen MR) is 124 cm³/mol. The van der Waals surface area contributed by atoms with Gasteiger partial charge in [-0.15, -0.1) is 0 Å². The molecule has 0 aliphatic carbocycles. The van der Waals surface area contributed by atoms with Crippen LogP contribution in [0.3, 0.4) is 0 Å². The van der Waals surface area contributed by atoms with E-state index in [-0.39, 0.29) is 11.9 Å². The highest BCUT2D eigenvalue weighted by atomic mass is 16.1.